The quantitative estimate of drug-likeness (QED) is 0.220. The van der Waals surface area contributed by atoms with E-state index in [0.29, 0.717) is 12.2 Å². The molecule has 3 amide bonds. The molecule has 3 atom stereocenters. The average Bonchev–Trinajstić information content (AvgIpc) is 2.52. The SMILES string of the molecule is CSCCC(NC(=O)C(N)CCC(N)=O)C(=O)NC(CS)C(=O)O. The van der Waals surface area contributed by atoms with E-state index in [4.69, 9.17) is 16.6 Å². The lowest BCUT2D eigenvalue weighted by Gasteiger charge is -2.22. The highest BCUT2D eigenvalue weighted by Crippen LogP contribution is 2.04. The topological polar surface area (TPSA) is 165 Å². The number of thiol groups is 1. The van der Waals surface area contributed by atoms with Crippen LogP contribution >= 0.6 is 24.4 Å². The number of carbonyl (C=O) groups is 4. The van der Waals surface area contributed by atoms with Gasteiger partial charge in [0, 0.05) is 12.2 Å². The van der Waals surface area contributed by atoms with Gasteiger partial charge in [0.05, 0.1) is 6.04 Å². The maximum Gasteiger partial charge on any atom is 0.327 e. The molecule has 0 radical (unpaired) electrons. The molecule has 3 unspecified atom stereocenters. The van der Waals surface area contributed by atoms with Gasteiger partial charge in [-0.15, -0.1) is 0 Å². The molecule has 24 heavy (non-hydrogen) atoms. The largest absolute Gasteiger partial charge is 0.480 e. The van der Waals surface area contributed by atoms with Gasteiger partial charge >= 0.3 is 5.97 Å². The fourth-order valence-electron chi connectivity index (χ4n) is 1.67. The van der Waals surface area contributed by atoms with Crippen LogP contribution in [0.15, 0.2) is 0 Å². The summed E-state index contributed by atoms with van der Waals surface area (Å²) in [6.07, 6.45) is 2.16. The van der Waals surface area contributed by atoms with Crippen molar-refractivity contribution < 1.29 is 24.3 Å². The van der Waals surface area contributed by atoms with Gasteiger partial charge in [0.2, 0.25) is 17.7 Å². The maximum atomic E-state index is 12.2. The lowest BCUT2D eigenvalue weighted by Crippen LogP contribution is -2.55. The number of carboxylic acids is 1. The Morgan fingerprint density at radius 3 is 2.17 bits per heavy atom. The Bertz CT molecular complexity index is 464. The van der Waals surface area contributed by atoms with Crippen molar-refractivity contribution in [1.82, 2.24) is 10.6 Å². The molecule has 0 saturated heterocycles. The molecule has 7 N–H and O–H groups in total. The van der Waals surface area contributed by atoms with Crippen LogP contribution in [0.2, 0.25) is 0 Å². The molecule has 9 nitrogen and oxygen atoms in total. The molecular formula is C13H24N4O5S2. The van der Waals surface area contributed by atoms with Crippen molar-refractivity contribution >= 4 is 48.1 Å². The Hall–Kier alpha value is -1.46. The van der Waals surface area contributed by atoms with Gasteiger partial charge in [-0.1, -0.05) is 0 Å². The first-order valence-corrected chi connectivity index (χ1v) is 9.22. The van der Waals surface area contributed by atoms with Gasteiger partial charge in [0.15, 0.2) is 0 Å². The Balaban J connectivity index is 4.79. The second kappa shape index (κ2) is 12.0. The summed E-state index contributed by atoms with van der Waals surface area (Å²) in [5.74, 6) is -2.52. The summed E-state index contributed by atoms with van der Waals surface area (Å²) < 4.78 is 0. The van der Waals surface area contributed by atoms with Crippen molar-refractivity contribution in [2.45, 2.75) is 37.4 Å². The van der Waals surface area contributed by atoms with Crippen LogP contribution in [0.5, 0.6) is 0 Å². The molecule has 0 fully saturated rings. The van der Waals surface area contributed by atoms with Crippen molar-refractivity contribution in [3.8, 4) is 0 Å². The number of nitrogens with one attached hydrogen (secondary N) is 2. The summed E-state index contributed by atoms with van der Waals surface area (Å²) in [6.45, 7) is 0. The third-order valence-corrected chi connectivity index (χ3v) is 4.09. The minimum Gasteiger partial charge on any atom is -0.480 e. The highest BCUT2D eigenvalue weighted by Gasteiger charge is 2.27. The van der Waals surface area contributed by atoms with Crippen LogP contribution in [-0.4, -0.2) is 64.7 Å². The monoisotopic (exact) mass is 380 g/mol. The van der Waals surface area contributed by atoms with Gasteiger partial charge < -0.3 is 27.2 Å². The number of amides is 3. The Morgan fingerprint density at radius 1 is 1.12 bits per heavy atom. The fourth-order valence-corrected chi connectivity index (χ4v) is 2.39. The van der Waals surface area contributed by atoms with Crippen LogP contribution in [-0.2, 0) is 19.2 Å². The third-order valence-electron chi connectivity index (χ3n) is 3.08. The molecule has 0 spiro atoms. The molecule has 0 aromatic rings. The molecule has 0 aliphatic rings. The predicted molar refractivity (Wildman–Crippen MR) is 94.8 cm³/mol. The van der Waals surface area contributed by atoms with Gasteiger partial charge in [0.1, 0.15) is 12.1 Å². The van der Waals surface area contributed by atoms with Crippen molar-refractivity contribution in [3.63, 3.8) is 0 Å². The second-order valence-electron chi connectivity index (χ2n) is 5.04. The Morgan fingerprint density at radius 2 is 1.71 bits per heavy atom. The average molecular weight is 380 g/mol. The maximum absolute atomic E-state index is 12.2. The third kappa shape index (κ3) is 8.99. The Kier molecular flexibility index (Phi) is 11.3. The summed E-state index contributed by atoms with van der Waals surface area (Å²) in [5, 5.41) is 13.8. The van der Waals surface area contributed by atoms with E-state index in [2.05, 4.69) is 23.3 Å². The van der Waals surface area contributed by atoms with Crippen molar-refractivity contribution in [2.24, 2.45) is 11.5 Å². The number of thioether (sulfide) groups is 1. The lowest BCUT2D eigenvalue weighted by atomic mass is 10.1. The van der Waals surface area contributed by atoms with E-state index >= 15 is 0 Å². The smallest absolute Gasteiger partial charge is 0.327 e. The molecule has 0 aliphatic heterocycles. The standard InChI is InChI=1S/C13H24N4O5S2/c1-24-5-4-8(12(20)17-9(6-23)13(21)22)16-11(19)7(14)2-3-10(15)18/h7-9,23H,2-6,14H2,1H3,(H2,15,18)(H,16,19)(H,17,20)(H,21,22). The number of carbonyl (C=O) groups excluding carboxylic acids is 3. The normalized spacial score (nSPS) is 14.3. The van der Waals surface area contributed by atoms with E-state index in [1.54, 1.807) is 0 Å². The first-order valence-electron chi connectivity index (χ1n) is 7.20. The molecule has 0 aliphatic carbocycles. The highest BCUT2D eigenvalue weighted by atomic mass is 32.2. The molecule has 138 valence electrons. The Labute approximate surface area is 150 Å². The number of carboxylic acid groups (broad SMARTS) is 1. The molecule has 0 heterocycles. The molecule has 11 heteroatoms. The van der Waals surface area contributed by atoms with Gasteiger partial charge in [0.25, 0.3) is 0 Å². The van der Waals surface area contributed by atoms with Crippen LogP contribution in [0.4, 0.5) is 0 Å². The first kappa shape index (κ1) is 22.5. The molecule has 0 saturated carbocycles. The van der Waals surface area contributed by atoms with Crippen LogP contribution in [0.1, 0.15) is 19.3 Å². The summed E-state index contributed by atoms with van der Waals surface area (Å²) in [4.78, 5) is 45.9. The number of hydrogen-bond donors (Lipinski definition) is 6. The number of nitrogens with two attached hydrogens (primary N) is 2. The van der Waals surface area contributed by atoms with Crippen molar-refractivity contribution in [3.05, 3.63) is 0 Å². The van der Waals surface area contributed by atoms with Crippen molar-refractivity contribution in [2.75, 3.05) is 17.8 Å². The molecule has 0 aromatic heterocycles. The number of aliphatic carboxylic acids is 1. The van der Waals surface area contributed by atoms with Crippen molar-refractivity contribution in [1.29, 1.82) is 0 Å². The zero-order valence-corrected chi connectivity index (χ0v) is 15.1. The minimum absolute atomic E-state index is 0.0446. The zero-order chi connectivity index (χ0) is 18.7. The van der Waals surface area contributed by atoms with E-state index in [9.17, 15) is 19.2 Å². The summed E-state index contributed by atoms with van der Waals surface area (Å²) in [6, 6.07) is -3.06. The number of primary amides is 1. The second-order valence-corrected chi connectivity index (χ2v) is 6.39. The zero-order valence-electron chi connectivity index (χ0n) is 13.4. The van der Waals surface area contributed by atoms with E-state index in [1.165, 1.54) is 11.8 Å². The van der Waals surface area contributed by atoms with E-state index < -0.39 is 41.8 Å². The summed E-state index contributed by atoms with van der Waals surface area (Å²) in [7, 11) is 0. The molecule has 0 bridgehead atoms. The van der Waals surface area contributed by atoms with Gasteiger partial charge in [-0.3, -0.25) is 14.4 Å². The highest BCUT2D eigenvalue weighted by molar-refractivity contribution is 7.98. The van der Waals surface area contributed by atoms with Crippen LogP contribution < -0.4 is 22.1 Å². The summed E-state index contributed by atoms with van der Waals surface area (Å²) in [5.41, 5.74) is 10.7. The van der Waals surface area contributed by atoms with E-state index in [0.717, 1.165) is 0 Å². The molecular weight excluding hydrogens is 356 g/mol. The molecule has 0 rings (SSSR count). The van der Waals surface area contributed by atoms with Gasteiger partial charge in [-0.2, -0.15) is 24.4 Å². The van der Waals surface area contributed by atoms with Crippen LogP contribution in [0.3, 0.4) is 0 Å². The predicted octanol–water partition coefficient (Wildman–Crippen LogP) is -1.68. The van der Waals surface area contributed by atoms with Gasteiger partial charge in [-0.25, -0.2) is 4.79 Å². The lowest BCUT2D eigenvalue weighted by molar-refractivity contribution is -0.141. The first-order chi connectivity index (χ1) is 11.2. The van der Waals surface area contributed by atoms with Gasteiger partial charge in [-0.05, 0) is 24.9 Å². The number of hydrogen-bond acceptors (Lipinski definition) is 7. The van der Waals surface area contributed by atoms with Crippen LogP contribution in [0.25, 0.3) is 0 Å². The summed E-state index contributed by atoms with van der Waals surface area (Å²) >= 11 is 5.34. The molecule has 0 aromatic carbocycles. The van der Waals surface area contributed by atoms with E-state index in [-0.39, 0.29) is 18.6 Å². The minimum atomic E-state index is -1.22. The van der Waals surface area contributed by atoms with E-state index in [1.807, 2.05) is 6.26 Å². The fraction of sp³-hybridized carbons (Fsp3) is 0.692. The number of rotatable bonds is 12. The van der Waals surface area contributed by atoms with Crippen LogP contribution in [0, 0.1) is 0 Å².